The molecule has 1 atom stereocenters. The second-order valence-electron chi connectivity index (χ2n) is 10.7. The number of aromatic nitrogens is 4. The second-order valence-corrected chi connectivity index (χ2v) is 10.7. The van der Waals surface area contributed by atoms with Crippen molar-refractivity contribution in [3.05, 3.63) is 30.0 Å². The molecule has 0 bridgehead atoms. The molecule has 0 aliphatic carbocycles. The molecular weight excluding hydrogens is 512 g/mol. The number of amides is 2. The Bertz CT molecular complexity index is 1420. The van der Waals surface area contributed by atoms with Crippen molar-refractivity contribution in [1.29, 1.82) is 0 Å². The average molecular weight is 544 g/mol. The van der Waals surface area contributed by atoms with Crippen LogP contribution in [0.15, 0.2) is 18.3 Å². The fraction of sp³-hybridized carbons (Fsp3) is 0.500. The van der Waals surface area contributed by atoms with Gasteiger partial charge in [-0.05, 0) is 40.0 Å². The molecule has 5 heterocycles. The molecule has 3 aromatic heterocycles. The van der Waals surface area contributed by atoms with Gasteiger partial charge in [0.1, 0.15) is 17.0 Å². The SMILES string of the molecule is COc1cc2ncc(-c3nc(NC4CCCN(C(=O)OC(C)(C)C)C4)c(F)cc3F)n2nc1N1CCCC1=O. The highest BCUT2D eigenvalue weighted by Crippen LogP contribution is 2.33. The highest BCUT2D eigenvalue weighted by molar-refractivity contribution is 5.95. The maximum absolute atomic E-state index is 15.1. The molecule has 11 nitrogen and oxygen atoms in total. The predicted octanol–water partition coefficient (Wildman–Crippen LogP) is 4.02. The van der Waals surface area contributed by atoms with Crippen LogP contribution in [0.3, 0.4) is 0 Å². The van der Waals surface area contributed by atoms with Crippen LogP contribution in [0, 0.1) is 11.6 Å². The fourth-order valence-electron chi connectivity index (χ4n) is 4.79. The first kappa shape index (κ1) is 26.6. The Labute approximate surface area is 224 Å². The van der Waals surface area contributed by atoms with Crippen molar-refractivity contribution in [2.24, 2.45) is 0 Å². The Hall–Kier alpha value is -4.03. The van der Waals surface area contributed by atoms with Crippen LogP contribution in [-0.2, 0) is 9.53 Å². The summed E-state index contributed by atoms with van der Waals surface area (Å²) in [6.07, 6.45) is 3.38. The summed E-state index contributed by atoms with van der Waals surface area (Å²) in [6, 6.07) is 2.04. The van der Waals surface area contributed by atoms with Crippen molar-refractivity contribution < 1.29 is 27.8 Å². The highest BCUT2D eigenvalue weighted by Gasteiger charge is 2.30. The van der Waals surface area contributed by atoms with Crippen molar-refractivity contribution in [2.75, 3.05) is 37.0 Å². The molecule has 2 aliphatic rings. The van der Waals surface area contributed by atoms with Gasteiger partial charge in [0, 0.05) is 44.2 Å². The second kappa shape index (κ2) is 10.3. The van der Waals surface area contributed by atoms with E-state index < -0.39 is 23.3 Å². The lowest BCUT2D eigenvalue weighted by atomic mass is 10.1. The smallest absolute Gasteiger partial charge is 0.410 e. The molecule has 3 aromatic rings. The number of ether oxygens (including phenoxy) is 2. The minimum absolute atomic E-state index is 0.0905. The number of methoxy groups -OCH3 is 1. The maximum Gasteiger partial charge on any atom is 0.410 e. The zero-order valence-corrected chi connectivity index (χ0v) is 22.3. The van der Waals surface area contributed by atoms with E-state index in [1.807, 2.05) is 0 Å². The van der Waals surface area contributed by atoms with Crippen molar-refractivity contribution in [3.63, 3.8) is 0 Å². The van der Waals surface area contributed by atoms with E-state index >= 15 is 4.39 Å². The summed E-state index contributed by atoms with van der Waals surface area (Å²) in [5, 5.41) is 7.57. The topological polar surface area (TPSA) is 114 Å². The molecule has 39 heavy (non-hydrogen) atoms. The number of nitrogens with one attached hydrogen (secondary N) is 1. The molecule has 1 N–H and O–H groups in total. The number of hydrogen-bond donors (Lipinski definition) is 1. The third-order valence-corrected chi connectivity index (χ3v) is 6.57. The average Bonchev–Trinajstić information content (AvgIpc) is 3.49. The van der Waals surface area contributed by atoms with Gasteiger partial charge >= 0.3 is 6.09 Å². The first-order valence-electron chi connectivity index (χ1n) is 12.9. The first-order chi connectivity index (χ1) is 18.5. The predicted molar refractivity (Wildman–Crippen MR) is 139 cm³/mol. The number of carbonyl (C=O) groups excluding carboxylic acids is 2. The summed E-state index contributed by atoms with van der Waals surface area (Å²) in [7, 11) is 1.47. The molecule has 0 saturated carbocycles. The lowest BCUT2D eigenvalue weighted by Crippen LogP contribution is -2.47. The van der Waals surface area contributed by atoms with Gasteiger partial charge in [-0.2, -0.15) is 0 Å². The summed E-state index contributed by atoms with van der Waals surface area (Å²) < 4.78 is 42.2. The zero-order chi connectivity index (χ0) is 27.9. The van der Waals surface area contributed by atoms with Gasteiger partial charge in [-0.15, -0.1) is 5.10 Å². The zero-order valence-electron chi connectivity index (χ0n) is 22.3. The molecule has 0 spiro atoms. The summed E-state index contributed by atoms with van der Waals surface area (Å²) in [5.41, 5.74) is -0.273. The van der Waals surface area contributed by atoms with Crippen LogP contribution >= 0.6 is 0 Å². The summed E-state index contributed by atoms with van der Waals surface area (Å²) >= 11 is 0. The van der Waals surface area contributed by atoms with Crippen LogP contribution in [-0.4, -0.2) is 74.9 Å². The molecule has 2 amide bonds. The Kier molecular flexibility index (Phi) is 7.00. The number of carbonyl (C=O) groups is 2. The summed E-state index contributed by atoms with van der Waals surface area (Å²) in [5.74, 6) is -1.35. The number of fused-ring (bicyclic) bond motifs is 1. The quantitative estimate of drug-likeness (QED) is 0.514. The highest BCUT2D eigenvalue weighted by atomic mass is 19.1. The number of anilines is 2. The van der Waals surface area contributed by atoms with E-state index in [0.29, 0.717) is 50.2 Å². The summed E-state index contributed by atoms with van der Waals surface area (Å²) in [4.78, 5) is 36.6. The number of imidazole rings is 1. The molecule has 0 radical (unpaired) electrons. The molecule has 5 rings (SSSR count). The Balaban J connectivity index is 1.45. The minimum atomic E-state index is -0.893. The normalized spacial score (nSPS) is 18.1. The lowest BCUT2D eigenvalue weighted by molar-refractivity contribution is -0.117. The van der Waals surface area contributed by atoms with Crippen LogP contribution in [0.25, 0.3) is 17.0 Å². The number of likely N-dealkylation sites (tertiary alicyclic amines) is 1. The number of pyridine rings is 1. The van der Waals surface area contributed by atoms with Gasteiger partial charge in [0.2, 0.25) is 5.91 Å². The van der Waals surface area contributed by atoms with Crippen molar-refractivity contribution >= 4 is 29.3 Å². The molecule has 2 aliphatic heterocycles. The number of halogens is 2. The largest absolute Gasteiger partial charge is 0.493 e. The van der Waals surface area contributed by atoms with E-state index in [1.165, 1.54) is 22.7 Å². The monoisotopic (exact) mass is 543 g/mol. The number of rotatable bonds is 5. The fourth-order valence-corrected chi connectivity index (χ4v) is 4.79. The molecule has 0 aromatic carbocycles. The minimum Gasteiger partial charge on any atom is -0.493 e. The van der Waals surface area contributed by atoms with E-state index in [-0.39, 0.29) is 41.5 Å². The molecule has 1 unspecified atom stereocenters. The van der Waals surface area contributed by atoms with Crippen molar-refractivity contribution in [1.82, 2.24) is 24.5 Å². The molecule has 2 saturated heterocycles. The Morgan fingerprint density at radius 1 is 1.15 bits per heavy atom. The van der Waals surface area contributed by atoms with E-state index in [4.69, 9.17) is 9.47 Å². The number of piperidine rings is 1. The third-order valence-electron chi connectivity index (χ3n) is 6.57. The molecule has 208 valence electrons. The van der Waals surface area contributed by atoms with E-state index in [1.54, 1.807) is 31.7 Å². The van der Waals surface area contributed by atoms with Gasteiger partial charge in [0.05, 0.1) is 13.3 Å². The van der Waals surface area contributed by atoms with Gasteiger partial charge in [0.15, 0.2) is 34.7 Å². The van der Waals surface area contributed by atoms with Crippen molar-refractivity contribution in [3.8, 4) is 17.1 Å². The van der Waals surface area contributed by atoms with Gasteiger partial charge < -0.3 is 19.7 Å². The first-order valence-corrected chi connectivity index (χ1v) is 12.9. The van der Waals surface area contributed by atoms with Crippen molar-refractivity contribution in [2.45, 2.75) is 58.1 Å². The summed E-state index contributed by atoms with van der Waals surface area (Å²) in [6.45, 7) is 6.67. The van der Waals surface area contributed by atoms with Gasteiger partial charge in [-0.1, -0.05) is 0 Å². The van der Waals surface area contributed by atoms with E-state index in [2.05, 4.69) is 20.4 Å². The number of hydrogen-bond acceptors (Lipinski definition) is 8. The third kappa shape index (κ3) is 5.43. The standard InChI is InChI=1S/C26H31F2N7O4/c1-26(2,3)39-25(37)33-9-5-7-15(14-33)30-23-17(28)11-16(27)22(31-23)18-13-29-20-12-19(38-4)24(32-35(18)20)34-10-6-8-21(34)36/h11-13,15H,5-10,14H2,1-4H3,(H,30,31). The Morgan fingerprint density at radius 3 is 2.64 bits per heavy atom. The molecule has 2 fully saturated rings. The van der Waals surface area contributed by atoms with Gasteiger partial charge in [0.25, 0.3) is 0 Å². The van der Waals surface area contributed by atoms with Crippen LogP contribution in [0.4, 0.5) is 25.2 Å². The lowest BCUT2D eigenvalue weighted by Gasteiger charge is -2.34. The van der Waals surface area contributed by atoms with Crippen LogP contribution in [0.2, 0.25) is 0 Å². The van der Waals surface area contributed by atoms with E-state index in [0.717, 1.165) is 6.07 Å². The number of nitrogens with zero attached hydrogens (tertiary/aromatic N) is 6. The Morgan fingerprint density at radius 2 is 1.95 bits per heavy atom. The maximum atomic E-state index is 15.1. The van der Waals surface area contributed by atoms with Gasteiger partial charge in [-0.25, -0.2) is 28.1 Å². The molecular formula is C26H31F2N7O4. The van der Waals surface area contributed by atoms with Crippen LogP contribution in [0.1, 0.15) is 46.5 Å². The van der Waals surface area contributed by atoms with Crippen LogP contribution in [0.5, 0.6) is 5.75 Å². The van der Waals surface area contributed by atoms with Crippen LogP contribution < -0.4 is 15.0 Å². The molecule has 13 heteroatoms. The van der Waals surface area contributed by atoms with E-state index in [9.17, 15) is 14.0 Å². The van der Waals surface area contributed by atoms with Gasteiger partial charge in [-0.3, -0.25) is 9.69 Å².